The molecule has 7 nitrogen and oxygen atoms in total. The number of nitrogens with zero attached hydrogens (tertiary/aromatic N) is 2. The Balaban J connectivity index is 1.84. The van der Waals surface area contributed by atoms with E-state index in [1.165, 1.54) is 15.9 Å². The second kappa shape index (κ2) is 9.49. The molecular formula is C22H24N4O3S2. The van der Waals surface area contributed by atoms with Crippen LogP contribution < -0.4 is 16.2 Å². The molecule has 0 radical (unpaired) electrons. The first-order valence-electron chi connectivity index (χ1n) is 9.63. The van der Waals surface area contributed by atoms with Gasteiger partial charge in [-0.3, -0.25) is 19.5 Å². The summed E-state index contributed by atoms with van der Waals surface area (Å²) in [5, 5.41) is 5.37. The topological polar surface area (TPSA) is 93.1 Å². The van der Waals surface area contributed by atoms with Crippen LogP contribution in [0.2, 0.25) is 0 Å². The molecule has 2 aromatic heterocycles. The third-order valence-electron chi connectivity index (χ3n) is 4.04. The summed E-state index contributed by atoms with van der Waals surface area (Å²) >= 11 is 2.50. The lowest BCUT2D eigenvalue weighted by Crippen LogP contribution is -2.48. The third kappa shape index (κ3) is 5.83. The Kier molecular flexibility index (Phi) is 6.97. The maximum Gasteiger partial charge on any atom is 0.321 e. The SMILES string of the molecule is C=CCn1c(SCC(=O)NC(=O)NC(C)(C)C)nc2cc(-c3ccccc3)sc2c1=O. The van der Waals surface area contributed by atoms with E-state index in [0.29, 0.717) is 15.4 Å². The number of imide groups is 1. The molecule has 0 aliphatic heterocycles. The molecule has 3 amide bonds. The zero-order chi connectivity index (χ0) is 22.6. The van der Waals surface area contributed by atoms with Gasteiger partial charge in [-0.05, 0) is 32.4 Å². The molecule has 0 aliphatic carbocycles. The van der Waals surface area contributed by atoms with Crippen molar-refractivity contribution in [1.29, 1.82) is 0 Å². The lowest BCUT2D eigenvalue weighted by Gasteiger charge is -2.20. The number of carbonyl (C=O) groups excluding carboxylic acids is 2. The summed E-state index contributed by atoms with van der Waals surface area (Å²) in [4.78, 5) is 42.7. The smallest absolute Gasteiger partial charge is 0.321 e. The molecule has 0 unspecified atom stereocenters. The largest absolute Gasteiger partial charge is 0.333 e. The fourth-order valence-corrected chi connectivity index (χ4v) is 4.66. The van der Waals surface area contributed by atoms with E-state index in [-0.39, 0.29) is 17.9 Å². The molecule has 0 fully saturated rings. The molecule has 31 heavy (non-hydrogen) atoms. The van der Waals surface area contributed by atoms with Crippen molar-refractivity contribution in [2.24, 2.45) is 0 Å². The molecular weight excluding hydrogens is 432 g/mol. The number of thiophene rings is 1. The summed E-state index contributed by atoms with van der Waals surface area (Å²) in [5.41, 5.74) is 0.968. The molecule has 2 heterocycles. The van der Waals surface area contributed by atoms with Gasteiger partial charge in [0.2, 0.25) is 5.91 Å². The number of benzene rings is 1. The zero-order valence-corrected chi connectivity index (χ0v) is 19.2. The van der Waals surface area contributed by atoms with Gasteiger partial charge in [0.05, 0.1) is 11.3 Å². The lowest BCUT2D eigenvalue weighted by molar-refractivity contribution is -0.117. The Morgan fingerprint density at radius 1 is 1.26 bits per heavy atom. The average molecular weight is 457 g/mol. The number of nitrogens with one attached hydrogen (secondary N) is 2. The Bertz CT molecular complexity index is 1180. The van der Waals surface area contributed by atoms with Crippen molar-refractivity contribution >= 4 is 45.3 Å². The van der Waals surface area contributed by atoms with Crippen LogP contribution in [0.25, 0.3) is 20.7 Å². The molecule has 162 valence electrons. The van der Waals surface area contributed by atoms with Gasteiger partial charge in [0, 0.05) is 17.0 Å². The Labute approximate surface area is 188 Å². The minimum absolute atomic E-state index is 0.0532. The predicted octanol–water partition coefficient (Wildman–Crippen LogP) is 4.03. The molecule has 2 N–H and O–H groups in total. The number of aromatic nitrogens is 2. The van der Waals surface area contributed by atoms with E-state index in [1.54, 1.807) is 6.08 Å². The number of carbonyl (C=O) groups is 2. The highest BCUT2D eigenvalue weighted by atomic mass is 32.2. The van der Waals surface area contributed by atoms with E-state index in [1.807, 2.05) is 57.2 Å². The number of rotatable bonds is 6. The molecule has 0 spiro atoms. The van der Waals surface area contributed by atoms with Gasteiger partial charge in [-0.2, -0.15) is 0 Å². The minimum atomic E-state index is -0.560. The summed E-state index contributed by atoms with van der Waals surface area (Å²) < 4.78 is 2.05. The summed E-state index contributed by atoms with van der Waals surface area (Å²) in [6.45, 7) is 9.46. The van der Waals surface area contributed by atoms with Gasteiger partial charge in [0.1, 0.15) is 4.70 Å². The van der Waals surface area contributed by atoms with Crippen molar-refractivity contribution in [3.63, 3.8) is 0 Å². The fraction of sp³-hybridized carbons (Fsp3) is 0.273. The summed E-state index contributed by atoms with van der Waals surface area (Å²) in [6.07, 6.45) is 1.61. The summed E-state index contributed by atoms with van der Waals surface area (Å²) in [6, 6.07) is 11.1. The van der Waals surface area contributed by atoms with E-state index in [4.69, 9.17) is 0 Å². The van der Waals surface area contributed by atoms with Crippen molar-refractivity contribution in [1.82, 2.24) is 20.2 Å². The van der Waals surface area contributed by atoms with Crippen LogP contribution in [-0.2, 0) is 11.3 Å². The highest BCUT2D eigenvalue weighted by Gasteiger charge is 2.18. The van der Waals surface area contributed by atoms with Crippen molar-refractivity contribution in [2.75, 3.05) is 5.75 Å². The zero-order valence-electron chi connectivity index (χ0n) is 17.6. The first-order chi connectivity index (χ1) is 14.7. The first-order valence-corrected chi connectivity index (χ1v) is 11.4. The Hall–Kier alpha value is -2.91. The second-order valence-corrected chi connectivity index (χ2v) is 9.83. The molecule has 1 aromatic carbocycles. The van der Waals surface area contributed by atoms with Gasteiger partial charge in [-0.15, -0.1) is 17.9 Å². The van der Waals surface area contributed by atoms with Crippen LogP contribution in [0.15, 0.2) is 59.0 Å². The van der Waals surface area contributed by atoms with E-state index in [9.17, 15) is 14.4 Å². The standard InChI is InChI=1S/C22H24N4O3S2/c1-5-11-26-19(28)18-15(12-16(31-18)14-9-7-6-8-10-14)23-21(26)30-13-17(27)24-20(29)25-22(2,3)4/h5-10,12H,1,11,13H2,2-4H3,(H2,24,25,27,29). The number of thioether (sulfide) groups is 1. The maximum absolute atomic E-state index is 13.1. The molecule has 9 heteroatoms. The third-order valence-corrected chi connectivity index (χ3v) is 6.18. The van der Waals surface area contributed by atoms with Gasteiger partial charge in [-0.1, -0.05) is 48.2 Å². The van der Waals surface area contributed by atoms with Crippen molar-refractivity contribution in [2.45, 2.75) is 38.0 Å². The van der Waals surface area contributed by atoms with E-state index in [2.05, 4.69) is 22.2 Å². The van der Waals surface area contributed by atoms with Crippen LogP contribution in [0.3, 0.4) is 0 Å². The summed E-state index contributed by atoms with van der Waals surface area (Å²) in [5.74, 6) is -0.524. The molecule has 0 atom stereocenters. The number of hydrogen-bond acceptors (Lipinski definition) is 6. The predicted molar refractivity (Wildman–Crippen MR) is 127 cm³/mol. The Morgan fingerprint density at radius 2 is 1.97 bits per heavy atom. The molecule has 0 saturated carbocycles. The van der Waals surface area contributed by atoms with Gasteiger partial charge in [0.25, 0.3) is 5.56 Å². The van der Waals surface area contributed by atoms with Crippen LogP contribution in [0.4, 0.5) is 4.79 Å². The molecule has 3 aromatic rings. The van der Waals surface area contributed by atoms with Crippen molar-refractivity contribution in [3.8, 4) is 10.4 Å². The van der Waals surface area contributed by atoms with Gasteiger partial charge in [0.15, 0.2) is 5.16 Å². The average Bonchev–Trinajstić information content (AvgIpc) is 3.12. The number of urea groups is 1. The number of allylic oxidation sites excluding steroid dienone is 1. The Morgan fingerprint density at radius 3 is 2.61 bits per heavy atom. The monoisotopic (exact) mass is 456 g/mol. The summed E-state index contributed by atoms with van der Waals surface area (Å²) in [7, 11) is 0. The van der Waals surface area contributed by atoms with Gasteiger partial charge >= 0.3 is 6.03 Å². The second-order valence-electron chi connectivity index (χ2n) is 7.83. The van der Waals surface area contributed by atoms with Crippen molar-refractivity contribution in [3.05, 3.63) is 59.4 Å². The molecule has 0 bridgehead atoms. The van der Waals surface area contributed by atoms with Crippen LogP contribution in [0, 0.1) is 0 Å². The lowest BCUT2D eigenvalue weighted by atomic mass is 10.1. The minimum Gasteiger partial charge on any atom is -0.333 e. The van der Waals surface area contributed by atoms with E-state index in [0.717, 1.165) is 22.2 Å². The molecule has 0 saturated heterocycles. The molecule has 0 aliphatic rings. The number of amides is 3. The number of fused-ring (bicyclic) bond motifs is 1. The number of hydrogen-bond donors (Lipinski definition) is 2. The first kappa shape index (κ1) is 22.8. The van der Waals surface area contributed by atoms with E-state index >= 15 is 0 Å². The highest BCUT2D eigenvalue weighted by molar-refractivity contribution is 7.99. The maximum atomic E-state index is 13.1. The normalized spacial score (nSPS) is 11.3. The van der Waals surface area contributed by atoms with Crippen LogP contribution in [0.1, 0.15) is 20.8 Å². The molecule has 3 rings (SSSR count). The van der Waals surface area contributed by atoms with Crippen LogP contribution in [-0.4, -0.2) is 32.8 Å². The van der Waals surface area contributed by atoms with Crippen molar-refractivity contribution < 1.29 is 9.59 Å². The van der Waals surface area contributed by atoms with Crippen LogP contribution in [0.5, 0.6) is 0 Å². The van der Waals surface area contributed by atoms with Gasteiger partial charge < -0.3 is 5.32 Å². The van der Waals surface area contributed by atoms with Gasteiger partial charge in [-0.25, -0.2) is 9.78 Å². The fourth-order valence-electron chi connectivity index (χ4n) is 2.80. The van der Waals surface area contributed by atoms with Crippen LogP contribution >= 0.6 is 23.1 Å². The highest BCUT2D eigenvalue weighted by Crippen LogP contribution is 2.31. The quantitative estimate of drug-likeness (QED) is 0.332. The van der Waals surface area contributed by atoms with E-state index < -0.39 is 17.5 Å².